The summed E-state index contributed by atoms with van der Waals surface area (Å²) in [6, 6.07) is 5.24. The van der Waals surface area contributed by atoms with Gasteiger partial charge in [0.25, 0.3) is 5.91 Å². The number of hydrogen-bond acceptors (Lipinski definition) is 10. The molecule has 1 aliphatic heterocycles. The molecule has 11 heteroatoms. The number of amides is 1. The van der Waals surface area contributed by atoms with Gasteiger partial charge in [0.1, 0.15) is 36.3 Å². The quantitative estimate of drug-likeness (QED) is 0.0961. The van der Waals surface area contributed by atoms with Crippen LogP contribution in [-0.4, -0.2) is 106 Å². The highest BCUT2D eigenvalue weighted by Gasteiger charge is 2.44. The summed E-state index contributed by atoms with van der Waals surface area (Å²) in [4.78, 5) is 13.0. The number of aliphatic hydroxyl groups excluding tert-OH is 6. The second-order valence-electron chi connectivity index (χ2n) is 11.6. The summed E-state index contributed by atoms with van der Waals surface area (Å²) in [5.41, 5.74) is 0.293. The van der Waals surface area contributed by atoms with Crippen LogP contribution in [0.2, 0.25) is 0 Å². The van der Waals surface area contributed by atoms with Crippen molar-refractivity contribution in [3.05, 3.63) is 29.8 Å². The molecule has 0 spiro atoms. The van der Waals surface area contributed by atoms with Gasteiger partial charge in [-0.25, -0.2) is 0 Å². The van der Waals surface area contributed by atoms with Crippen LogP contribution in [0.25, 0.3) is 0 Å². The first-order chi connectivity index (χ1) is 20.7. The molecule has 0 bridgehead atoms. The lowest BCUT2D eigenvalue weighted by atomic mass is 9.98. The topological polar surface area (TPSA) is 178 Å². The van der Waals surface area contributed by atoms with E-state index in [0.29, 0.717) is 24.2 Å². The highest BCUT2D eigenvalue weighted by Crippen LogP contribution is 2.23. The number of ether oxygens (including phenoxy) is 3. The summed E-state index contributed by atoms with van der Waals surface area (Å²) < 4.78 is 16.1. The fraction of sp³-hybridized carbons (Fsp3) is 0.781. The highest BCUT2D eigenvalue weighted by atomic mass is 16.7. The maximum absolute atomic E-state index is 13.0. The monoisotopic (exact) mass is 613 g/mol. The number of aliphatic hydroxyl groups is 6. The first kappa shape index (κ1) is 37.4. The Balaban J connectivity index is 1.88. The zero-order valence-corrected chi connectivity index (χ0v) is 25.9. The SMILES string of the molecule is CCCCCCCCCCCCCC[C@@H](O)[C@@H](O)[C@H](CO[C@H]1O[C@H](CO)[C@H](O)[C@H](O)[C@H]1O)NC(=O)c1ccc(OC)cc1. The molecule has 0 aromatic heterocycles. The fourth-order valence-electron chi connectivity index (χ4n) is 5.26. The summed E-state index contributed by atoms with van der Waals surface area (Å²) >= 11 is 0. The van der Waals surface area contributed by atoms with Crippen molar-refractivity contribution in [3.63, 3.8) is 0 Å². The Morgan fingerprint density at radius 3 is 1.95 bits per heavy atom. The Kier molecular flexibility index (Phi) is 18.2. The molecule has 1 aliphatic rings. The van der Waals surface area contributed by atoms with Crippen molar-refractivity contribution in [1.29, 1.82) is 0 Å². The maximum atomic E-state index is 13.0. The smallest absolute Gasteiger partial charge is 0.251 e. The van der Waals surface area contributed by atoms with Gasteiger partial charge >= 0.3 is 0 Å². The minimum atomic E-state index is -1.64. The third-order valence-corrected chi connectivity index (χ3v) is 8.12. The fourth-order valence-corrected chi connectivity index (χ4v) is 5.26. The van der Waals surface area contributed by atoms with Crippen LogP contribution in [0.4, 0.5) is 0 Å². The first-order valence-electron chi connectivity index (χ1n) is 16.0. The standard InChI is InChI=1S/C32H55NO10/c1-3-4-5-6-7-8-9-10-11-12-13-14-15-25(35)27(36)24(33-31(40)22-16-18-23(41-2)19-17-22)21-42-32-30(39)29(38)28(37)26(20-34)43-32/h16-19,24-30,32,34-39H,3-15,20-21H2,1-2H3,(H,33,40)/t24-,25+,26+,27-,28-,29-,30+,32-/m0/s1. The summed E-state index contributed by atoms with van der Waals surface area (Å²) in [6.45, 7) is 1.21. The molecule has 1 saturated heterocycles. The van der Waals surface area contributed by atoms with Gasteiger partial charge < -0.3 is 50.2 Å². The number of carbonyl (C=O) groups is 1. The van der Waals surface area contributed by atoms with Crippen LogP contribution in [0.1, 0.15) is 101 Å². The average Bonchev–Trinajstić information content (AvgIpc) is 3.02. The van der Waals surface area contributed by atoms with Gasteiger partial charge in [-0.3, -0.25) is 4.79 Å². The van der Waals surface area contributed by atoms with Gasteiger partial charge in [-0.15, -0.1) is 0 Å². The van der Waals surface area contributed by atoms with Crippen LogP contribution in [0.5, 0.6) is 5.75 Å². The number of unbranched alkanes of at least 4 members (excludes halogenated alkanes) is 11. The molecule has 11 nitrogen and oxygen atoms in total. The molecule has 43 heavy (non-hydrogen) atoms. The van der Waals surface area contributed by atoms with E-state index in [9.17, 15) is 35.4 Å². The minimum Gasteiger partial charge on any atom is -0.497 e. The number of hydrogen-bond donors (Lipinski definition) is 7. The van der Waals surface area contributed by atoms with E-state index in [2.05, 4.69) is 12.2 Å². The lowest BCUT2D eigenvalue weighted by Gasteiger charge is -2.40. The predicted octanol–water partition coefficient (Wildman–Crippen LogP) is 2.42. The van der Waals surface area contributed by atoms with Crippen molar-refractivity contribution in [2.75, 3.05) is 20.3 Å². The van der Waals surface area contributed by atoms with E-state index in [1.807, 2.05) is 0 Å². The Hall–Kier alpha value is -1.83. The molecule has 1 aromatic carbocycles. The molecule has 0 radical (unpaired) electrons. The minimum absolute atomic E-state index is 0.293. The number of rotatable bonds is 22. The summed E-state index contributed by atoms with van der Waals surface area (Å²) in [5.74, 6) is 0.0404. The van der Waals surface area contributed by atoms with Crippen LogP contribution in [0.15, 0.2) is 24.3 Å². The molecule has 1 heterocycles. The molecule has 1 fully saturated rings. The van der Waals surface area contributed by atoms with Gasteiger partial charge in [0.15, 0.2) is 6.29 Å². The molecule has 1 amide bonds. The Morgan fingerprint density at radius 2 is 1.42 bits per heavy atom. The van der Waals surface area contributed by atoms with Crippen molar-refractivity contribution < 1.29 is 49.6 Å². The second kappa shape index (κ2) is 21.0. The van der Waals surface area contributed by atoms with E-state index in [1.165, 1.54) is 58.5 Å². The second-order valence-corrected chi connectivity index (χ2v) is 11.6. The van der Waals surface area contributed by atoms with Gasteiger partial charge in [-0.2, -0.15) is 0 Å². The van der Waals surface area contributed by atoms with E-state index in [4.69, 9.17) is 14.2 Å². The van der Waals surface area contributed by atoms with Crippen LogP contribution in [0, 0.1) is 0 Å². The van der Waals surface area contributed by atoms with Crippen molar-refractivity contribution >= 4 is 5.91 Å². The molecule has 1 aromatic rings. The number of methoxy groups -OCH3 is 1. The molecule has 0 aliphatic carbocycles. The lowest BCUT2D eigenvalue weighted by molar-refractivity contribution is -0.303. The summed E-state index contributed by atoms with van der Waals surface area (Å²) in [5, 5.41) is 64.3. The van der Waals surface area contributed by atoms with Crippen LogP contribution < -0.4 is 10.1 Å². The van der Waals surface area contributed by atoms with Gasteiger partial charge in [0.05, 0.1) is 32.5 Å². The maximum Gasteiger partial charge on any atom is 0.251 e. The zero-order valence-electron chi connectivity index (χ0n) is 25.9. The zero-order chi connectivity index (χ0) is 31.6. The molecule has 7 N–H and O–H groups in total. The van der Waals surface area contributed by atoms with Crippen molar-refractivity contribution in [2.45, 2.75) is 139 Å². The van der Waals surface area contributed by atoms with Crippen LogP contribution in [0.3, 0.4) is 0 Å². The predicted molar refractivity (Wildman–Crippen MR) is 162 cm³/mol. The van der Waals surface area contributed by atoms with Gasteiger partial charge in [-0.1, -0.05) is 84.0 Å². The van der Waals surface area contributed by atoms with E-state index in [-0.39, 0.29) is 6.61 Å². The average molecular weight is 614 g/mol. The van der Waals surface area contributed by atoms with Crippen LogP contribution >= 0.6 is 0 Å². The Morgan fingerprint density at radius 1 is 0.860 bits per heavy atom. The lowest BCUT2D eigenvalue weighted by Crippen LogP contribution is -2.60. The molecule has 2 rings (SSSR count). The van der Waals surface area contributed by atoms with Crippen molar-refractivity contribution in [2.24, 2.45) is 0 Å². The molecular formula is C32H55NO10. The van der Waals surface area contributed by atoms with Gasteiger partial charge in [-0.05, 0) is 30.7 Å². The highest BCUT2D eigenvalue weighted by molar-refractivity contribution is 5.94. The van der Waals surface area contributed by atoms with Crippen molar-refractivity contribution in [3.8, 4) is 5.75 Å². The molecule has 8 atom stereocenters. The normalized spacial score (nSPS) is 24.3. The van der Waals surface area contributed by atoms with E-state index in [0.717, 1.165) is 19.3 Å². The summed E-state index contributed by atoms with van der Waals surface area (Å²) in [6.07, 6.45) is 4.43. The van der Waals surface area contributed by atoms with Crippen LogP contribution in [-0.2, 0) is 9.47 Å². The largest absolute Gasteiger partial charge is 0.497 e. The molecular weight excluding hydrogens is 558 g/mol. The molecule has 0 unspecified atom stereocenters. The third kappa shape index (κ3) is 13.0. The van der Waals surface area contributed by atoms with E-state index < -0.39 is 61.5 Å². The number of carbonyl (C=O) groups excluding carboxylic acids is 1. The third-order valence-electron chi connectivity index (χ3n) is 8.12. The molecule has 248 valence electrons. The number of nitrogens with one attached hydrogen (secondary N) is 1. The Bertz CT molecular complexity index is 870. The summed E-state index contributed by atoms with van der Waals surface area (Å²) in [7, 11) is 1.51. The molecule has 0 saturated carbocycles. The van der Waals surface area contributed by atoms with Gasteiger partial charge in [0, 0.05) is 5.56 Å². The number of benzene rings is 1. The van der Waals surface area contributed by atoms with E-state index in [1.54, 1.807) is 24.3 Å². The van der Waals surface area contributed by atoms with E-state index >= 15 is 0 Å². The Labute approximate surface area is 256 Å². The van der Waals surface area contributed by atoms with Crippen molar-refractivity contribution in [1.82, 2.24) is 5.32 Å². The first-order valence-corrected chi connectivity index (χ1v) is 16.0. The van der Waals surface area contributed by atoms with Gasteiger partial charge in [0.2, 0.25) is 0 Å².